The number of halogens is 2. The molecule has 0 saturated carbocycles. The van der Waals surface area contributed by atoms with Crippen molar-refractivity contribution < 1.29 is 4.74 Å². The molecule has 0 radical (unpaired) electrons. The zero-order valence-electron chi connectivity index (χ0n) is 10.7. The largest absolute Gasteiger partial charge is 0.494 e. The topological polar surface area (TPSA) is 21.3 Å². The van der Waals surface area contributed by atoms with Gasteiger partial charge >= 0.3 is 0 Å². The number of nitrogens with one attached hydrogen (secondary N) is 1. The smallest absolute Gasteiger partial charge is 0.147 e. The molecule has 0 saturated heterocycles. The standard InChI is InChI=1S/C13H19Br2NO/c1-8(2)9(3)16-7-10-5-11(14)13(17-4)12(15)6-10/h5-6,8-9,16H,7H2,1-4H3. The highest BCUT2D eigenvalue weighted by Gasteiger charge is 2.10. The van der Waals surface area contributed by atoms with Crippen molar-refractivity contribution in [1.82, 2.24) is 5.32 Å². The van der Waals surface area contributed by atoms with Gasteiger partial charge in [0.15, 0.2) is 0 Å². The van der Waals surface area contributed by atoms with E-state index in [9.17, 15) is 0 Å². The Hall–Kier alpha value is -0.0600. The minimum absolute atomic E-state index is 0.509. The van der Waals surface area contributed by atoms with Gasteiger partial charge < -0.3 is 10.1 Å². The molecule has 0 aliphatic carbocycles. The first kappa shape index (κ1) is 15.0. The fourth-order valence-corrected chi connectivity index (χ4v) is 3.03. The van der Waals surface area contributed by atoms with Gasteiger partial charge in [-0.1, -0.05) is 13.8 Å². The Balaban J connectivity index is 2.73. The summed E-state index contributed by atoms with van der Waals surface area (Å²) in [4.78, 5) is 0. The van der Waals surface area contributed by atoms with E-state index in [4.69, 9.17) is 4.74 Å². The molecule has 0 fully saturated rings. The number of hydrogen-bond donors (Lipinski definition) is 1. The van der Waals surface area contributed by atoms with E-state index < -0.39 is 0 Å². The molecule has 96 valence electrons. The molecule has 0 spiro atoms. The van der Waals surface area contributed by atoms with Crippen molar-refractivity contribution in [2.45, 2.75) is 33.4 Å². The third-order valence-electron chi connectivity index (χ3n) is 2.89. The van der Waals surface area contributed by atoms with E-state index in [1.54, 1.807) is 7.11 Å². The maximum atomic E-state index is 5.28. The molecule has 0 aliphatic heterocycles. The molecule has 0 aromatic heterocycles. The summed E-state index contributed by atoms with van der Waals surface area (Å²) in [5.41, 5.74) is 1.23. The van der Waals surface area contributed by atoms with Crippen molar-refractivity contribution in [2.75, 3.05) is 7.11 Å². The van der Waals surface area contributed by atoms with E-state index in [1.165, 1.54) is 5.56 Å². The summed E-state index contributed by atoms with van der Waals surface area (Å²) in [7, 11) is 1.67. The van der Waals surface area contributed by atoms with E-state index in [-0.39, 0.29) is 0 Å². The molecule has 0 amide bonds. The minimum Gasteiger partial charge on any atom is -0.494 e. The molecule has 1 atom stereocenters. The van der Waals surface area contributed by atoms with Crippen LogP contribution in [0.3, 0.4) is 0 Å². The predicted octanol–water partition coefficient (Wildman–Crippen LogP) is 4.35. The fraction of sp³-hybridized carbons (Fsp3) is 0.538. The molecule has 0 heterocycles. The van der Waals surface area contributed by atoms with E-state index in [2.05, 4.69) is 70.1 Å². The van der Waals surface area contributed by atoms with Gasteiger partial charge in [-0.2, -0.15) is 0 Å². The van der Waals surface area contributed by atoms with Crippen LogP contribution in [0.5, 0.6) is 5.75 Å². The van der Waals surface area contributed by atoms with Crippen LogP contribution in [0.1, 0.15) is 26.3 Å². The molecule has 1 aromatic rings. The first-order valence-electron chi connectivity index (χ1n) is 5.71. The molecule has 17 heavy (non-hydrogen) atoms. The van der Waals surface area contributed by atoms with Gasteiger partial charge in [-0.25, -0.2) is 0 Å². The Morgan fingerprint density at radius 1 is 1.18 bits per heavy atom. The van der Waals surface area contributed by atoms with Crippen LogP contribution in [0.25, 0.3) is 0 Å². The molecule has 1 N–H and O–H groups in total. The molecule has 4 heteroatoms. The lowest BCUT2D eigenvalue weighted by Gasteiger charge is -2.18. The first-order chi connectivity index (χ1) is 7.95. The Labute approximate surface area is 120 Å². The lowest BCUT2D eigenvalue weighted by Crippen LogP contribution is -2.30. The molecule has 2 nitrogen and oxygen atoms in total. The Bertz CT molecular complexity index is 357. The highest BCUT2D eigenvalue weighted by molar-refractivity contribution is 9.11. The quantitative estimate of drug-likeness (QED) is 0.838. The van der Waals surface area contributed by atoms with Crippen molar-refractivity contribution in [3.63, 3.8) is 0 Å². The van der Waals surface area contributed by atoms with Crippen molar-refractivity contribution in [2.24, 2.45) is 5.92 Å². The van der Waals surface area contributed by atoms with Gasteiger partial charge in [0.05, 0.1) is 16.1 Å². The van der Waals surface area contributed by atoms with Crippen LogP contribution >= 0.6 is 31.9 Å². The van der Waals surface area contributed by atoms with Crippen LogP contribution in [0, 0.1) is 5.92 Å². The minimum atomic E-state index is 0.509. The van der Waals surface area contributed by atoms with Gasteiger partial charge in [0, 0.05) is 12.6 Å². The van der Waals surface area contributed by atoms with Crippen molar-refractivity contribution in [3.05, 3.63) is 26.6 Å². The van der Waals surface area contributed by atoms with Gasteiger partial charge in [-0.15, -0.1) is 0 Å². The maximum Gasteiger partial charge on any atom is 0.147 e. The van der Waals surface area contributed by atoms with Crippen molar-refractivity contribution >= 4 is 31.9 Å². The number of rotatable bonds is 5. The third kappa shape index (κ3) is 4.27. The average Bonchev–Trinajstić information content (AvgIpc) is 2.25. The third-order valence-corrected chi connectivity index (χ3v) is 4.07. The zero-order chi connectivity index (χ0) is 13.0. The fourth-order valence-electron chi connectivity index (χ4n) is 1.42. The van der Waals surface area contributed by atoms with Crippen molar-refractivity contribution in [1.29, 1.82) is 0 Å². The summed E-state index contributed by atoms with van der Waals surface area (Å²) in [5, 5.41) is 3.51. The monoisotopic (exact) mass is 363 g/mol. The van der Waals surface area contributed by atoms with Gasteiger partial charge in [0.1, 0.15) is 5.75 Å². The van der Waals surface area contributed by atoms with Crippen LogP contribution < -0.4 is 10.1 Å². The van der Waals surface area contributed by atoms with E-state index in [0.29, 0.717) is 12.0 Å². The summed E-state index contributed by atoms with van der Waals surface area (Å²) in [6, 6.07) is 4.68. The second kappa shape index (κ2) is 6.76. The van der Waals surface area contributed by atoms with Crippen LogP contribution in [0.15, 0.2) is 21.1 Å². The first-order valence-corrected chi connectivity index (χ1v) is 7.29. The highest BCUT2D eigenvalue weighted by Crippen LogP contribution is 2.34. The SMILES string of the molecule is COc1c(Br)cc(CNC(C)C(C)C)cc1Br. The van der Waals surface area contributed by atoms with Gasteiger partial charge in [0.2, 0.25) is 0 Å². The Morgan fingerprint density at radius 3 is 2.12 bits per heavy atom. The Kier molecular flexibility index (Phi) is 5.97. The highest BCUT2D eigenvalue weighted by atomic mass is 79.9. The van der Waals surface area contributed by atoms with Gasteiger partial charge in [0.25, 0.3) is 0 Å². The molecular weight excluding hydrogens is 346 g/mol. The number of benzene rings is 1. The summed E-state index contributed by atoms with van der Waals surface area (Å²) in [5.74, 6) is 1.48. The van der Waals surface area contributed by atoms with Gasteiger partial charge in [-0.05, 0) is 62.4 Å². The zero-order valence-corrected chi connectivity index (χ0v) is 13.9. The molecule has 1 unspecified atom stereocenters. The molecule has 1 aromatic carbocycles. The molecule has 1 rings (SSSR count). The molecular formula is C13H19Br2NO. The summed E-state index contributed by atoms with van der Waals surface area (Å²) in [6.07, 6.45) is 0. The lowest BCUT2D eigenvalue weighted by atomic mass is 10.1. The van der Waals surface area contributed by atoms with E-state index in [1.807, 2.05) is 0 Å². The van der Waals surface area contributed by atoms with Crippen LogP contribution in [-0.2, 0) is 6.54 Å². The van der Waals surface area contributed by atoms with Crippen LogP contribution in [-0.4, -0.2) is 13.2 Å². The second-order valence-corrected chi connectivity index (χ2v) is 6.21. The lowest BCUT2D eigenvalue weighted by molar-refractivity contribution is 0.408. The normalized spacial score (nSPS) is 12.9. The number of hydrogen-bond acceptors (Lipinski definition) is 2. The number of ether oxygens (including phenoxy) is 1. The molecule has 0 bridgehead atoms. The van der Waals surface area contributed by atoms with Gasteiger partial charge in [-0.3, -0.25) is 0 Å². The Morgan fingerprint density at radius 2 is 1.71 bits per heavy atom. The maximum absolute atomic E-state index is 5.28. The number of methoxy groups -OCH3 is 1. The van der Waals surface area contributed by atoms with E-state index >= 15 is 0 Å². The van der Waals surface area contributed by atoms with Crippen molar-refractivity contribution in [3.8, 4) is 5.75 Å². The van der Waals surface area contributed by atoms with Crippen LogP contribution in [0.2, 0.25) is 0 Å². The predicted molar refractivity (Wildman–Crippen MR) is 79.5 cm³/mol. The average molecular weight is 365 g/mol. The summed E-state index contributed by atoms with van der Waals surface area (Å²) < 4.78 is 7.23. The van der Waals surface area contributed by atoms with Crippen LogP contribution in [0.4, 0.5) is 0 Å². The van der Waals surface area contributed by atoms with E-state index in [0.717, 1.165) is 21.2 Å². The summed E-state index contributed by atoms with van der Waals surface area (Å²) >= 11 is 7.02. The second-order valence-electron chi connectivity index (χ2n) is 4.51. The molecule has 0 aliphatic rings. The summed E-state index contributed by atoms with van der Waals surface area (Å²) in [6.45, 7) is 7.51.